The van der Waals surface area contributed by atoms with E-state index in [9.17, 15) is 4.79 Å². The summed E-state index contributed by atoms with van der Waals surface area (Å²) in [6.45, 7) is 2.04. The largest absolute Gasteiger partial charge is 0.382 e. The average molecular weight is 570 g/mol. The molecule has 0 aliphatic carbocycles. The van der Waals surface area contributed by atoms with Gasteiger partial charge >= 0.3 is 0 Å². The van der Waals surface area contributed by atoms with Gasteiger partial charge in [-0.2, -0.15) is 0 Å². The number of halogens is 1. The molecule has 1 aromatic heterocycles. The Morgan fingerprint density at radius 3 is 2.05 bits per heavy atom. The van der Waals surface area contributed by atoms with Crippen LogP contribution >= 0.6 is 11.6 Å². The number of hydroxylamine groups is 2. The van der Waals surface area contributed by atoms with Gasteiger partial charge in [-0.05, 0) is 60.9 Å². The first-order chi connectivity index (χ1) is 19.2. The second-order valence-electron chi connectivity index (χ2n) is 9.19. The Morgan fingerprint density at radius 2 is 1.45 bits per heavy atom. The quantitative estimate of drug-likeness (QED) is 0.0618. The van der Waals surface area contributed by atoms with Crippen molar-refractivity contribution >= 4 is 35.1 Å². The molecule has 0 aliphatic rings. The normalized spacial score (nSPS) is 11.0. The van der Waals surface area contributed by atoms with Crippen molar-refractivity contribution in [3.05, 3.63) is 70.5 Å². The molecule has 0 saturated carbocycles. The maximum atomic E-state index is 12.3. The number of nitrogens with one attached hydrogen (secondary N) is 4. The summed E-state index contributed by atoms with van der Waals surface area (Å²) in [4.78, 5) is 19.8. The Hall–Kier alpha value is -3.81. The van der Waals surface area contributed by atoms with Crippen LogP contribution in [0.1, 0.15) is 40.9 Å². The van der Waals surface area contributed by atoms with Crippen LogP contribution in [0.15, 0.2) is 48.5 Å². The molecule has 0 fully saturated rings. The fourth-order valence-corrected chi connectivity index (χ4v) is 4.07. The van der Waals surface area contributed by atoms with Crippen LogP contribution in [0.25, 0.3) is 11.1 Å². The maximum Gasteiger partial charge on any atom is 0.280 e. The number of anilines is 2. The number of aryl methyl sites for hydroxylation is 2. The van der Waals surface area contributed by atoms with Gasteiger partial charge in [0.2, 0.25) is 0 Å². The summed E-state index contributed by atoms with van der Waals surface area (Å²) in [5, 5.41) is 33.7. The van der Waals surface area contributed by atoms with E-state index in [1.54, 1.807) is 0 Å². The summed E-state index contributed by atoms with van der Waals surface area (Å²) in [6, 6.07) is 17.1. The smallest absolute Gasteiger partial charge is 0.280 e. The molecule has 3 rings (SSSR count). The Kier molecular flexibility index (Phi) is 12.1. The number of benzene rings is 2. The van der Waals surface area contributed by atoms with Crippen LogP contribution in [-0.2, 0) is 12.8 Å². The molecule has 1 heterocycles. The van der Waals surface area contributed by atoms with Crippen molar-refractivity contribution in [3.63, 3.8) is 0 Å². The molecule has 10 N–H and O–H groups in total. The number of amides is 1. The molecule has 0 atom stereocenters. The number of guanidine groups is 1. The first-order valence-electron chi connectivity index (χ1n) is 13.0. The van der Waals surface area contributed by atoms with Gasteiger partial charge in [-0.3, -0.25) is 25.9 Å². The maximum absolute atomic E-state index is 12.3. The lowest BCUT2D eigenvalue weighted by atomic mass is 9.99. The van der Waals surface area contributed by atoms with Gasteiger partial charge in [-0.25, -0.2) is 9.97 Å². The number of carbonyl (C=O) groups is 1. The summed E-state index contributed by atoms with van der Waals surface area (Å²) >= 11 is 5.80. The van der Waals surface area contributed by atoms with Crippen molar-refractivity contribution in [1.29, 1.82) is 5.41 Å². The monoisotopic (exact) mass is 569 g/mol. The predicted octanol–water partition coefficient (Wildman–Crippen LogP) is 2.84. The molecular formula is C27H36ClN9O3. The van der Waals surface area contributed by atoms with Crippen LogP contribution in [-0.4, -0.2) is 63.7 Å². The standard InChI is InChI=1S/C27H36ClN9O3/c28-23-25(30)35-24(29)22(34-23)26(38)36-27(31)33-15-2-1-4-18-6-10-20(11-7-18)21-12-8-19(9-13-21)5-3-14-32-16-17-37(39)40/h6-13,32,39-40H,1-5,14-17H2,(H4,29,30,35)(H3,31,33,36,38). The molecule has 3 aromatic rings. The number of carbonyl (C=O) groups excluding carboxylic acids is 1. The molecule has 2 aromatic carbocycles. The molecule has 12 nitrogen and oxygen atoms in total. The van der Waals surface area contributed by atoms with Gasteiger partial charge in [-0.1, -0.05) is 65.4 Å². The number of aromatic nitrogens is 2. The topological polar surface area (TPSA) is 199 Å². The van der Waals surface area contributed by atoms with E-state index in [0.29, 0.717) is 13.1 Å². The van der Waals surface area contributed by atoms with Gasteiger partial charge < -0.3 is 22.1 Å². The van der Waals surface area contributed by atoms with Gasteiger partial charge in [0.1, 0.15) is 0 Å². The number of nitrogens with two attached hydrogens (primary N) is 2. The average Bonchev–Trinajstić information content (AvgIpc) is 2.93. The van der Waals surface area contributed by atoms with E-state index in [1.165, 1.54) is 11.1 Å². The van der Waals surface area contributed by atoms with Crippen LogP contribution in [0.5, 0.6) is 0 Å². The van der Waals surface area contributed by atoms with Crippen molar-refractivity contribution in [2.45, 2.75) is 32.1 Å². The minimum Gasteiger partial charge on any atom is -0.382 e. The van der Waals surface area contributed by atoms with Gasteiger partial charge in [0.05, 0.1) is 6.54 Å². The minimum atomic E-state index is -0.692. The molecule has 0 bridgehead atoms. The van der Waals surface area contributed by atoms with E-state index in [-0.39, 0.29) is 40.2 Å². The van der Waals surface area contributed by atoms with Gasteiger partial charge in [-0.15, -0.1) is 0 Å². The molecule has 13 heteroatoms. The second-order valence-corrected chi connectivity index (χ2v) is 9.55. The van der Waals surface area contributed by atoms with E-state index in [1.807, 2.05) is 0 Å². The fourth-order valence-electron chi connectivity index (χ4n) is 3.94. The van der Waals surface area contributed by atoms with Crippen molar-refractivity contribution < 1.29 is 15.2 Å². The zero-order chi connectivity index (χ0) is 28.9. The molecule has 40 heavy (non-hydrogen) atoms. The number of nitrogens with zero attached hydrogens (tertiary/aromatic N) is 3. The lowest BCUT2D eigenvalue weighted by molar-refractivity contribution is -0.305. The van der Waals surface area contributed by atoms with Crippen LogP contribution in [0.2, 0.25) is 5.15 Å². The highest BCUT2D eigenvalue weighted by Gasteiger charge is 2.17. The molecular weight excluding hydrogens is 534 g/mol. The minimum absolute atomic E-state index is 0.0674. The number of rotatable bonds is 14. The third kappa shape index (κ3) is 10.1. The van der Waals surface area contributed by atoms with E-state index in [2.05, 4.69) is 74.4 Å². The van der Waals surface area contributed by atoms with Gasteiger partial charge in [0, 0.05) is 13.1 Å². The number of unbranched alkanes of at least 4 members (excludes halogenated alkanes) is 1. The molecule has 0 aliphatic heterocycles. The Bertz CT molecular complexity index is 1260. The van der Waals surface area contributed by atoms with E-state index < -0.39 is 5.91 Å². The van der Waals surface area contributed by atoms with Crippen molar-refractivity contribution in [2.24, 2.45) is 0 Å². The zero-order valence-electron chi connectivity index (χ0n) is 22.2. The Morgan fingerprint density at radius 1 is 0.850 bits per heavy atom. The third-order valence-corrected chi connectivity index (χ3v) is 6.38. The van der Waals surface area contributed by atoms with Crippen LogP contribution in [0.3, 0.4) is 0 Å². The highest BCUT2D eigenvalue weighted by atomic mass is 35.5. The number of hydrogen-bond donors (Lipinski definition) is 8. The predicted molar refractivity (Wildman–Crippen MR) is 155 cm³/mol. The lowest BCUT2D eigenvalue weighted by Crippen LogP contribution is -2.41. The highest BCUT2D eigenvalue weighted by molar-refractivity contribution is 6.31. The summed E-state index contributed by atoms with van der Waals surface area (Å²) in [5.41, 5.74) is 15.8. The van der Waals surface area contributed by atoms with Crippen LogP contribution < -0.4 is 27.4 Å². The summed E-state index contributed by atoms with van der Waals surface area (Å²) in [7, 11) is 0. The SMILES string of the molecule is N=C(NCCCCc1ccc(-c2ccc(CCCNCCN(O)O)cc2)cc1)NC(=O)c1nc(Cl)c(N)nc1N. The van der Waals surface area contributed by atoms with E-state index >= 15 is 0 Å². The van der Waals surface area contributed by atoms with Crippen molar-refractivity contribution in [2.75, 3.05) is 37.6 Å². The highest BCUT2D eigenvalue weighted by Crippen LogP contribution is 2.21. The van der Waals surface area contributed by atoms with E-state index in [4.69, 9.17) is 38.9 Å². The van der Waals surface area contributed by atoms with Crippen molar-refractivity contribution in [3.8, 4) is 11.1 Å². The van der Waals surface area contributed by atoms with Crippen molar-refractivity contribution in [1.82, 2.24) is 31.1 Å². The lowest BCUT2D eigenvalue weighted by Gasteiger charge is -2.10. The third-order valence-electron chi connectivity index (χ3n) is 6.10. The van der Waals surface area contributed by atoms with Crippen LogP contribution in [0.4, 0.5) is 11.6 Å². The first kappa shape index (κ1) is 30.7. The molecule has 0 saturated heterocycles. The molecule has 0 spiro atoms. The van der Waals surface area contributed by atoms with Crippen LogP contribution in [0, 0.1) is 5.41 Å². The number of hydrogen-bond acceptors (Lipinski definition) is 10. The summed E-state index contributed by atoms with van der Waals surface area (Å²) < 4.78 is 0. The molecule has 214 valence electrons. The Labute approximate surface area is 238 Å². The summed E-state index contributed by atoms with van der Waals surface area (Å²) in [6.07, 6.45) is 4.56. The zero-order valence-corrected chi connectivity index (χ0v) is 22.9. The molecule has 1 amide bonds. The van der Waals surface area contributed by atoms with Gasteiger partial charge in [0.25, 0.3) is 5.91 Å². The fraction of sp³-hybridized carbons (Fsp3) is 0.333. The molecule has 0 unspecified atom stereocenters. The summed E-state index contributed by atoms with van der Waals surface area (Å²) in [5.74, 6) is -1.08. The van der Waals surface area contributed by atoms with E-state index in [0.717, 1.165) is 49.8 Å². The molecule has 0 radical (unpaired) electrons. The number of nitrogen functional groups attached to an aromatic ring is 2. The first-order valence-corrected chi connectivity index (χ1v) is 13.4. The Balaban J connectivity index is 1.33. The van der Waals surface area contributed by atoms with Gasteiger partial charge in [0.15, 0.2) is 28.4 Å². The second kappa shape index (κ2) is 15.7.